The number of carbonyl (C=O) groups excluding carboxylic acids is 1. The highest BCUT2D eigenvalue weighted by Crippen LogP contribution is 2.21. The number of nitrogens with one attached hydrogen (secondary N) is 2. The highest BCUT2D eigenvalue weighted by Gasteiger charge is 2.25. The highest BCUT2D eigenvalue weighted by atomic mass is 32.2. The van der Waals surface area contributed by atoms with Crippen LogP contribution in [-0.2, 0) is 26.6 Å². The summed E-state index contributed by atoms with van der Waals surface area (Å²) >= 11 is 0. The van der Waals surface area contributed by atoms with Gasteiger partial charge in [0.2, 0.25) is 20.0 Å². The Bertz CT molecular complexity index is 1440. The topological polar surface area (TPSA) is 135 Å². The normalized spacial score (nSPS) is 11.9. The first-order chi connectivity index (χ1) is 15.8. The minimum atomic E-state index is -4.04. The van der Waals surface area contributed by atoms with Gasteiger partial charge in [-0.05, 0) is 42.0 Å². The van der Waals surface area contributed by atoms with Crippen molar-refractivity contribution in [1.29, 1.82) is 0 Å². The van der Waals surface area contributed by atoms with Crippen molar-refractivity contribution in [2.45, 2.75) is 16.3 Å². The third-order valence-corrected chi connectivity index (χ3v) is 6.83. The van der Waals surface area contributed by atoms with E-state index in [9.17, 15) is 39.2 Å². The summed E-state index contributed by atoms with van der Waals surface area (Å²) in [6.07, 6.45) is 0. The molecule has 0 spiro atoms. The van der Waals surface area contributed by atoms with Crippen molar-refractivity contribution >= 4 is 31.6 Å². The van der Waals surface area contributed by atoms with Crippen LogP contribution in [0.3, 0.4) is 0 Å². The molecule has 1 amide bonds. The van der Waals surface area contributed by atoms with Gasteiger partial charge in [-0.3, -0.25) is 4.79 Å². The molecule has 3 aromatic carbocycles. The summed E-state index contributed by atoms with van der Waals surface area (Å²) < 4.78 is 104. The number of nitrogens with two attached hydrogens (primary N) is 1. The molecule has 0 unspecified atom stereocenters. The SMILES string of the molecule is NS(=O)(=O)c1ccc(CNS(=O)(=O)c2ccc(NC(=O)c3c(F)c(F)cc(F)c3F)cc2)cc1. The van der Waals surface area contributed by atoms with Crippen LogP contribution in [0.1, 0.15) is 15.9 Å². The molecule has 0 saturated heterocycles. The number of amides is 1. The van der Waals surface area contributed by atoms with Crippen molar-refractivity contribution in [3.63, 3.8) is 0 Å². The number of hydrogen-bond acceptors (Lipinski definition) is 5. The Morgan fingerprint density at radius 3 is 1.79 bits per heavy atom. The van der Waals surface area contributed by atoms with Crippen LogP contribution >= 0.6 is 0 Å². The summed E-state index contributed by atoms with van der Waals surface area (Å²) in [6.45, 7) is -0.185. The Hall–Kier alpha value is -3.33. The minimum Gasteiger partial charge on any atom is -0.322 e. The van der Waals surface area contributed by atoms with E-state index >= 15 is 0 Å². The van der Waals surface area contributed by atoms with Gasteiger partial charge in [0.15, 0.2) is 23.3 Å². The first kappa shape index (κ1) is 25.3. The molecule has 0 aliphatic heterocycles. The maximum absolute atomic E-state index is 13.8. The Morgan fingerprint density at radius 2 is 1.29 bits per heavy atom. The van der Waals surface area contributed by atoms with Crippen LogP contribution in [0.15, 0.2) is 64.4 Å². The zero-order chi connectivity index (χ0) is 25.3. The second kappa shape index (κ2) is 9.50. The summed E-state index contributed by atoms with van der Waals surface area (Å²) in [5, 5.41) is 7.01. The first-order valence-electron chi connectivity index (χ1n) is 9.15. The molecule has 0 saturated carbocycles. The molecule has 8 nitrogen and oxygen atoms in total. The second-order valence-corrected chi connectivity index (χ2v) is 10.2. The Kier molecular flexibility index (Phi) is 7.07. The quantitative estimate of drug-likeness (QED) is 0.327. The van der Waals surface area contributed by atoms with Crippen LogP contribution in [0.25, 0.3) is 0 Å². The smallest absolute Gasteiger partial charge is 0.261 e. The highest BCUT2D eigenvalue weighted by molar-refractivity contribution is 7.89. The molecule has 0 atom stereocenters. The molecule has 0 aliphatic carbocycles. The van der Waals surface area contributed by atoms with Crippen molar-refractivity contribution in [1.82, 2.24) is 4.72 Å². The zero-order valence-corrected chi connectivity index (χ0v) is 18.5. The lowest BCUT2D eigenvalue weighted by atomic mass is 10.1. The average molecular weight is 517 g/mol. The predicted molar refractivity (Wildman–Crippen MR) is 113 cm³/mol. The number of hydrogen-bond donors (Lipinski definition) is 3. The minimum absolute atomic E-state index is 0.0391. The van der Waals surface area contributed by atoms with Gasteiger partial charge in [0.25, 0.3) is 5.91 Å². The van der Waals surface area contributed by atoms with Crippen molar-refractivity contribution in [2.75, 3.05) is 5.32 Å². The summed E-state index contributed by atoms with van der Waals surface area (Å²) in [5.41, 5.74) is -1.14. The second-order valence-electron chi connectivity index (χ2n) is 6.84. The van der Waals surface area contributed by atoms with Crippen LogP contribution in [-0.4, -0.2) is 22.7 Å². The molecule has 0 aliphatic rings. The standard InChI is InChI=1S/C20H15F4N3O5S2/c21-15-9-16(22)19(24)17(18(15)23)20(28)27-12-3-7-14(8-4-12)34(31,32)26-10-11-1-5-13(6-2-11)33(25,29)30/h1-9,26H,10H2,(H,27,28)(H2,25,29,30). The number of carbonyl (C=O) groups is 1. The number of benzene rings is 3. The summed E-state index contributed by atoms with van der Waals surface area (Å²) in [7, 11) is -7.94. The van der Waals surface area contributed by atoms with Gasteiger partial charge in [0.05, 0.1) is 9.79 Å². The molecular weight excluding hydrogens is 502 g/mol. The van der Waals surface area contributed by atoms with Gasteiger partial charge < -0.3 is 5.32 Å². The lowest BCUT2D eigenvalue weighted by Gasteiger charge is -2.10. The molecule has 3 aromatic rings. The average Bonchev–Trinajstić information content (AvgIpc) is 2.77. The van der Waals surface area contributed by atoms with Gasteiger partial charge in [-0.15, -0.1) is 0 Å². The van der Waals surface area contributed by atoms with Gasteiger partial charge in [-0.2, -0.15) is 0 Å². The number of halogens is 4. The van der Waals surface area contributed by atoms with Crippen molar-refractivity contribution in [3.8, 4) is 0 Å². The Morgan fingerprint density at radius 1 is 0.794 bits per heavy atom. The van der Waals surface area contributed by atoms with Crippen LogP contribution in [0.2, 0.25) is 0 Å². The van der Waals surface area contributed by atoms with E-state index in [0.717, 1.165) is 24.3 Å². The van der Waals surface area contributed by atoms with E-state index in [1.807, 2.05) is 5.32 Å². The molecule has 0 fully saturated rings. The summed E-state index contributed by atoms with van der Waals surface area (Å²) in [4.78, 5) is 11.7. The Balaban J connectivity index is 1.71. The van der Waals surface area contributed by atoms with Gasteiger partial charge in [-0.1, -0.05) is 12.1 Å². The lowest BCUT2D eigenvalue weighted by molar-refractivity contribution is 0.101. The van der Waals surface area contributed by atoms with Gasteiger partial charge >= 0.3 is 0 Å². The van der Waals surface area contributed by atoms with Gasteiger partial charge in [0, 0.05) is 18.3 Å². The van der Waals surface area contributed by atoms with E-state index in [-0.39, 0.29) is 28.1 Å². The number of rotatable bonds is 7. The predicted octanol–water partition coefficient (Wildman–Crippen LogP) is 2.62. The van der Waals surface area contributed by atoms with Crippen molar-refractivity contribution in [2.24, 2.45) is 5.14 Å². The van der Waals surface area contributed by atoms with Gasteiger partial charge in [-0.25, -0.2) is 44.3 Å². The van der Waals surface area contributed by atoms with E-state index in [0.29, 0.717) is 5.56 Å². The molecule has 3 rings (SSSR count). The van der Waals surface area contributed by atoms with Crippen LogP contribution in [0, 0.1) is 23.3 Å². The van der Waals surface area contributed by atoms with Crippen LogP contribution < -0.4 is 15.2 Å². The molecule has 180 valence electrons. The van der Waals surface area contributed by atoms with E-state index in [1.54, 1.807) is 0 Å². The molecule has 14 heteroatoms. The van der Waals surface area contributed by atoms with Crippen molar-refractivity contribution < 1.29 is 39.2 Å². The van der Waals surface area contributed by atoms with E-state index in [2.05, 4.69) is 4.72 Å². The van der Waals surface area contributed by atoms with Crippen molar-refractivity contribution in [3.05, 3.63) is 89.0 Å². The summed E-state index contributed by atoms with van der Waals surface area (Å²) in [5.74, 6) is -8.74. The number of primary sulfonamides is 1. The fourth-order valence-electron chi connectivity index (χ4n) is 2.74. The molecule has 34 heavy (non-hydrogen) atoms. The molecule has 0 bridgehead atoms. The molecule has 4 N–H and O–H groups in total. The number of anilines is 1. The fraction of sp³-hybridized carbons (Fsp3) is 0.0500. The van der Waals surface area contributed by atoms with Crippen LogP contribution in [0.5, 0.6) is 0 Å². The maximum Gasteiger partial charge on any atom is 0.261 e. The third-order valence-electron chi connectivity index (χ3n) is 4.48. The monoisotopic (exact) mass is 517 g/mol. The molecular formula is C20H15F4N3O5S2. The Labute approximate surface area is 191 Å². The van der Waals surface area contributed by atoms with E-state index < -0.39 is 54.8 Å². The molecule has 0 aromatic heterocycles. The largest absolute Gasteiger partial charge is 0.322 e. The maximum atomic E-state index is 13.8. The fourth-order valence-corrected chi connectivity index (χ4v) is 4.28. The number of sulfonamides is 2. The first-order valence-corrected chi connectivity index (χ1v) is 12.2. The van der Waals surface area contributed by atoms with Crippen LogP contribution in [0.4, 0.5) is 23.2 Å². The summed E-state index contributed by atoms with van der Waals surface area (Å²) in [6, 6.07) is 9.46. The molecule has 0 radical (unpaired) electrons. The lowest BCUT2D eigenvalue weighted by Crippen LogP contribution is -2.23. The van der Waals surface area contributed by atoms with E-state index in [4.69, 9.17) is 5.14 Å². The third kappa shape index (κ3) is 5.59. The van der Waals surface area contributed by atoms with Gasteiger partial charge in [0.1, 0.15) is 5.56 Å². The zero-order valence-electron chi connectivity index (χ0n) is 16.9. The van der Waals surface area contributed by atoms with E-state index in [1.165, 1.54) is 24.3 Å². The molecule has 0 heterocycles.